The molecule has 0 aromatic heterocycles. The van der Waals surface area contributed by atoms with Crippen LogP contribution in [0.15, 0.2) is 36.5 Å². The Labute approximate surface area is 77.0 Å². The van der Waals surface area contributed by atoms with Crippen molar-refractivity contribution in [2.45, 2.75) is 6.42 Å². The average molecular weight is 176 g/mol. The van der Waals surface area contributed by atoms with Crippen molar-refractivity contribution < 1.29 is 4.79 Å². The highest BCUT2D eigenvalue weighted by Gasteiger charge is 2.04. The number of primary amides is 1. The Morgan fingerprint density at radius 2 is 2.08 bits per heavy atom. The fraction of sp³-hybridized carbons (Fsp3) is 0.100. The van der Waals surface area contributed by atoms with E-state index in [0.29, 0.717) is 12.0 Å². The van der Waals surface area contributed by atoms with Crippen molar-refractivity contribution in [3.05, 3.63) is 47.7 Å². The first-order valence-electron chi connectivity index (χ1n) is 4.00. The van der Waals surface area contributed by atoms with Gasteiger partial charge in [-0.3, -0.25) is 4.79 Å². The molecule has 68 valence electrons. The second-order valence-electron chi connectivity index (χ2n) is 2.65. The lowest BCUT2D eigenvalue weighted by molar-refractivity contribution is 0.0999. The van der Waals surface area contributed by atoms with E-state index < -0.39 is 5.91 Å². The molecular weight excluding hydrogens is 164 g/mol. The largest absolute Gasteiger partial charge is 0.405 e. The third-order valence-electron chi connectivity index (χ3n) is 1.76. The van der Waals surface area contributed by atoms with Gasteiger partial charge in [-0.05, 0) is 24.3 Å². The molecule has 0 saturated heterocycles. The fourth-order valence-corrected chi connectivity index (χ4v) is 1.13. The van der Waals surface area contributed by atoms with Gasteiger partial charge in [0.15, 0.2) is 0 Å². The van der Waals surface area contributed by atoms with Crippen LogP contribution in [0.5, 0.6) is 0 Å². The highest BCUT2D eigenvalue weighted by molar-refractivity contribution is 5.94. The summed E-state index contributed by atoms with van der Waals surface area (Å²) < 4.78 is 0. The average Bonchev–Trinajstić information content (AvgIpc) is 2.15. The summed E-state index contributed by atoms with van der Waals surface area (Å²) in [5.41, 5.74) is 11.9. The number of rotatable bonds is 3. The predicted octanol–water partition coefficient (Wildman–Crippen LogP) is 0.800. The normalized spacial score (nSPS) is 10.5. The quantitative estimate of drug-likeness (QED) is 0.715. The number of hydrogen-bond acceptors (Lipinski definition) is 2. The second kappa shape index (κ2) is 4.30. The predicted molar refractivity (Wildman–Crippen MR) is 52.0 cm³/mol. The Balaban J connectivity index is 2.97. The minimum atomic E-state index is -0.402. The molecule has 1 aromatic rings. The lowest BCUT2D eigenvalue weighted by Gasteiger charge is -2.02. The number of allylic oxidation sites excluding steroid dienone is 1. The van der Waals surface area contributed by atoms with Crippen molar-refractivity contribution in [2.24, 2.45) is 11.5 Å². The molecule has 1 aromatic carbocycles. The van der Waals surface area contributed by atoms with Crippen molar-refractivity contribution in [1.82, 2.24) is 0 Å². The molecule has 3 heteroatoms. The molecule has 0 saturated carbocycles. The summed E-state index contributed by atoms with van der Waals surface area (Å²) in [5.74, 6) is -0.402. The number of nitrogens with two attached hydrogens (primary N) is 2. The van der Waals surface area contributed by atoms with Gasteiger partial charge in [0, 0.05) is 5.56 Å². The van der Waals surface area contributed by atoms with Crippen LogP contribution >= 0.6 is 0 Å². The number of carbonyl (C=O) groups is 1. The van der Waals surface area contributed by atoms with E-state index >= 15 is 0 Å². The Morgan fingerprint density at radius 3 is 2.69 bits per heavy atom. The van der Waals surface area contributed by atoms with Gasteiger partial charge in [0.05, 0.1) is 0 Å². The molecule has 13 heavy (non-hydrogen) atoms. The van der Waals surface area contributed by atoms with Gasteiger partial charge in [0.2, 0.25) is 5.91 Å². The lowest BCUT2D eigenvalue weighted by atomic mass is 10.0. The Morgan fingerprint density at radius 1 is 1.38 bits per heavy atom. The maximum absolute atomic E-state index is 11.0. The SMILES string of the molecule is NC=CCc1ccccc1C(N)=O. The molecule has 0 heterocycles. The van der Waals surface area contributed by atoms with Crippen molar-refractivity contribution >= 4 is 5.91 Å². The Hall–Kier alpha value is -1.77. The van der Waals surface area contributed by atoms with Crippen molar-refractivity contribution in [1.29, 1.82) is 0 Å². The van der Waals surface area contributed by atoms with Crippen LogP contribution in [0.2, 0.25) is 0 Å². The molecule has 0 bridgehead atoms. The molecule has 0 aliphatic carbocycles. The molecule has 0 aliphatic rings. The standard InChI is InChI=1S/C10H12N2O/c11-7-3-5-8-4-1-2-6-9(8)10(12)13/h1-4,6-7H,5,11H2,(H2,12,13). The second-order valence-corrected chi connectivity index (χ2v) is 2.65. The van der Waals surface area contributed by atoms with Gasteiger partial charge in [-0.15, -0.1) is 0 Å². The van der Waals surface area contributed by atoms with Crippen LogP contribution in [0.3, 0.4) is 0 Å². The van der Waals surface area contributed by atoms with Crippen LogP contribution in [0.4, 0.5) is 0 Å². The first-order chi connectivity index (χ1) is 6.25. The summed E-state index contributed by atoms with van der Waals surface area (Å²) in [4.78, 5) is 11.0. The molecule has 4 N–H and O–H groups in total. The van der Waals surface area contributed by atoms with Crippen LogP contribution in [0.25, 0.3) is 0 Å². The first kappa shape index (κ1) is 9.32. The fourth-order valence-electron chi connectivity index (χ4n) is 1.13. The van der Waals surface area contributed by atoms with Gasteiger partial charge in [-0.25, -0.2) is 0 Å². The summed E-state index contributed by atoms with van der Waals surface area (Å²) >= 11 is 0. The molecule has 0 aliphatic heterocycles. The van der Waals surface area contributed by atoms with Gasteiger partial charge in [0.25, 0.3) is 0 Å². The maximum atomic E-state index is 11.0. The molecule has 3 nitrogen and oxygen atoms in total. The number of carbonyl (C=O) groups excluding carboxylic acids is 1. The van der Waals surface area contributed by atoms with Crippen LogP contribution in [-0.2, 0) is 6.42 Å². The molecule has 0 radical (unpaired) electrons. The molecule has 1 amide bonds. The third-order valence-corrected chi connectivity index (χ3v) is 1.76. The van der Waals surface area contributed by atoms with Gasteiger partial charge in [-0.1, -0.05) is 24.3 Å². The Kier molecular flexibility index (Phi) is 3.09. The smallest absolute Gasteiger partial charge is 0.248 e. The Bertz CT molecular complexity index is 331. The number of hydrogen-bond donors (Lipinski definition) is 2. The highest BCUT2D eigenvalue weighted by Crippen LogP contribution is 2.08. The zero-order valence-corrected chi connectivity index (χ0v) is 7.23. The summed E-state index contributed by atoms with van der Waals surface area (Å²) in [6, 6.07) is 7.23. The zero-order chi connectivity index (χ0) is 9.68. The van der Waals surface area contributed by atoms with E-state index in [1.165, 1.54) is 6.20 Å². The minimum Gasteiger partial charge on any atom is -0.405 e. The van der Waals surface area contributed by atoms with Gasteiger partial charge in [0.1, 0.15) is 0 Å². The van der Waals surface area contributed by atoms with Crippen molar-refractivity contribution in [2.75, 3.05) is 0 Å². The number of benzene rings is 1. The summed E-state index contributed by atoms with van der Waals surface area (Å²) in [6.07, 6.45) is 3.87. The van der Waals surface area contributed by atoms with Gasteiger partial charge in [-0.2, -0.15) is 0 Å². The van der Waals surface area contributed by atoms with Crippen molar-refractivity contribution in [3.63, 3.8) is 0 Å². The zero-order valence-electron chi connectivity index (χ0n) is 7.23. The molecule has 1 rings (SSSR count). The third kappa shape index (κ3) is 2.33. The molecular formula is C10H12N2O. The lowest BCUT2D eigenvalue weighted by Crippen LogP contribution is -2.13. The van der Waals surface area contributed by atoms with E-state index in [1.807, 2.05) is 12.1 Å². The van der Waals surface area contributed by atoms with Gasteiger partial charge < -0.3 is 11.5 Å². The maximum Gasteiger partial charge on any atom is 0.248 e. The van der Waals surface area contributed by atoms with Crippen molar-refractivity contribution in [3.8, 4) is 0 Å². The van der Waals surface area contributed by atoms with E-state index in [4.69, 9.17) is 11.5 Å². The summed E-state index contributed by atoms with van der Waals surface area (Å²) in [6.45, 7) is 0. The van der Waals surface area contributed by atoms with E-state index in [0.717, 1.165) is 5.56 Å². The van der Waals surface area contributed by atoms with Crippen LogP contribution in [-0.4, -0.2) is 5.91 Å². The van der Waals surface area contributed by atoms with E-state index in [9.17, 15) is 4.79 Å². The molecule has 0 unspecified atom stereocenters. The van der Waals surface area contributed by atoms with Gasteiger partial charge >= 0.3 is 0 Å². The monoisotopic (exact) mass is 176 g/mol. The van der Waals surface area contributed by atoms with Crippen LogP contribution in [0, 0.1) is 0 Å². The van der Waals surface area contributed by atoms with Crippen LogP contribution < -0.4 is 11.5 Å². The topological polar surface area (TPSA) is 69.1 Å². The van der Waals surface area contributed by atoms with E-state index in [1.54, 1.807) is 18.2 Å². The number of amides is 1. The van der Waals surface area contributed by atoms with E-state index in [-0.39, 0.29) is 0 Å². The molecule has 0 fully saturated rings. The molecule has 0 spiro atoms. The van der Waals surface area contributed by atoms with E-state index in [2.05, 4.69) is 0 Å². The summed E-state index contributed by atoms with van der Waals surface area (Å²) in [5, 5.41) is 0. The summed E-state index contributed by atoms with van der Waals surface area (Å²) in [7, 11) is 0. The van der Waals surface area contributed by atoms with Crippen LogP contribution in [0.1, 0.15) is 15.9 Å². The molecule has 0 atom stereocenters. The first-order valence-corrected chi connectivity index (χ1v) is 4.00. The highest BCUT2D eigenvalue weighted by atomic mass is 16.1. The minimum absolute atomic E-state index is 0.402.